The largest absolute Gasteiger partial charge is 0.441 e. The van der Waals surface area contributed by atoms with E-state index in [1.807, 2.05) is 53.6 Å². The first-order valence-electron chi connectivity index (χ1n) is 10.6. The maximum Gasteiger partial charge on any atom is 0.411 e. The van der Waals surface area contributed by atoms with Gasteiger partial charge in [-0.15, -0.1) is 0 Å². The molecule has 1 atom stereocenters. The van der Waals surface area contributed by atoms with Crippen LogP contribution in [0, 0.1) is 0 Å². The lowest BCUT2D eigenvalue weighted by atomic mass is 9.86. The normalized spacial score (nSPS) is 26.1. The smallest absolute Gasteiger partial charge is 0.411 e. The van der Waals surface area contributed by atoms with E-state index in [1.54, 1.807) is 6.20 Å². The number of ether oxygens (including phenoxy) is 1. The van der Waals surface area contributed by atoms with Crippen molar-refractivity contribution in [3.05, 3.63) is 64.7 Å². The first-order valence-corrected chi connectivity index (χ1v) is 10.6. The maximum absolute atomic E-state index is 12.8. The summed E-state index contributed by atoms with van der Waals surface area (Å²) in [5.41, 5.74) is 1.85. The van der Waals surface area contributed by atoms with Gasteiger partial charge in [0.25, 0.3) is 0 Å². The van der Waals surface area contributed by atoms with Crippen molar-refractivity contribution in [3.8, 4) is 0 Å². The number of nitrogens with one attached hydrogen (secondary N) is 1. The monoisotopic (exact) mass is 406 g/mol. The Hall–Kier alpha value is -3.09. The van der Waals surface area contributed by atoms with Crippen molar-refractivity contribution in [1.82, 2.24) is 19.4 Å². The van der Waals surface area contributed by atoms with Crippen molar-refractivity contribution >= 4 is 17.3 Å². The molecule has 7 nitrogen and oxygen atoms in total. The Balaban J connectivity index is 1.40. The molecule has 1 N–H and O–H groups in total. The van der Waals surface area contributed by atoms with Gasteiger partial charge in [-0.25, -0.2) is 14.6 Å². The van der Waals surface area contributed by atoms with Gasteiger partial charge in [-0.05, 0) is 57.2 Å². The lowest BCUT2D eigenvalue weighted by Crippen LogP contribution is -2.43. The number of aromatic amines is 1. The third-order valence-electron chi connectivity index (χ3n) is 6.53. The third kappa shape index (κ3) is 3.00. The number of carbonyl (C=O) groups excluding carboxylic acids is 1. The standard InChI is InChI=1S/C23H26N4O3/c1-23(2)19(15-7-4-3-5-8-15)27(22(29)30-23)17-12-10-16(11-13-17)26-18-9-6-14-24-20(18)25-21(26)28/h3-9,14,16-17,19H,10-13H2,1-2H3,(H,24,25,28)/t16-,17-,19?. The van der Waals surface area contributed by atoms with E-state index in [-0.39, 0.29) is 29.9 Å². The van der Waals surface area contributed by atoms with Gasteiger partial charge in [0.15, 0.2) is 5.65 Å². The Morgan fingerprint density at radius 2 is 1.70 bits per heavy atom. The fourth-order valence-electron chi connectivity index (χ4n) is 5.25. The number of pyridine rings is 1. The summed E-state index contributed by atoms with van der Waals surface area (Å²) in [7, 11) is 0. The Morgan fingerprint density at radius 1 is 1.00 bits per heavy atom. The number of carbonyl (C=O) groups is 1. The minimum atomic E-state index is -0.589. The van der Waals surface area contributed by atoms with Crippen molar-refractivity contribution in [2.45, 2.75) is 63.3 Å². The number of hydrogen-bond acceptors (Lipinski definition) is 4. The van der Waals surface area contributed by atoms with E-state index in [4.69, 9.17) is 4.74 Å². The number of amides is 1. The summed E-state index contributed by atoms with van der Waals surface area (Å²) in [5.74, 6) is 0. The van der Waals surface area contributed by atoms with Gasteiger partial charge >= 0.3 is 11.8 Å². The highest BCUT2D eigenvalue weighted by atomic mass is 16.6. The number of rotatable bonds is 3. The highest BCUT2D eigenvalue weighted by Crippen LogP contribution is 2.45. The molecule has 2 fully saturated rings. The van der Waals surface area contributed by atoms with Crippen LogP contribution >= 0.6 is 0 Å². The van der Waals surface area contributed by atoms with Crippen molar-refractivity contribution in [3.63, 3.8) is 0 Å². The van der Waals surface area contributed by atoms with Crippen molar-refractivity contribution in [2.24, 2.45) is 0 Å². The van der Waals surface area contributed by atoms with Gasteiger partial charge in [-0.2, -0.15) is 0 Å². The Kier molecular flexibility index (Phi) is 4.41. The molecule has 0 bridgehead atoms. The molecule has 5 rings (SSSR count). The molecule has 1 unspecified atom stereocenters. The molecule has 7 heteroatoms. The van der Waals surface area contributed by atoms with E-state index in [9.17, 15) is 9.59 Å². The zero-order chi connectivity index (χ0) is 20.9. The van der Waals surface area contributed by atoms with Gasteiger partial charge in [-0.3, -0.25) is 14.5 Å². The second-order valence-corrected chi connectivity index (χ2v) is 8.83. The van der Waals surface area contributed by atoms with Crippen LogP contribution in [-0.4, -0.2) is 37.2 Å². The molecule has 1 aliphatic heterocycles. The fraction of sp³-hybridized carbons (Fsp3) is 0.435. The number of imidazole rings is 1. The summed E-state index contributed by atoms with van der Waals surface area (Å²) in [6, 6.07) is 14.0. The SMILES string of the molecule is CC1(C)OC(=O)N([C@H]2CC[C@H](n3c(=O)[nH]c4ncccc43)CC2)C1c1ccccc1. The van der Waals surface area contributed by atoms with E-state index in [1.165, 1.54) is 0 Å². The Labute approximate surface area is 174 Å². The highest BCUT2D eigenvalue weighted by Gasteiger charge is 2.51. The molecule has 3 heterocycles. The predicted octanol–water partition coefficient (Wildman–Crippen LogP) is 4.18. The molecular weight excluding hydrogens is 380 g/mol. The van der Waals surface area contributed by atoms with Crippen LogP contribution < -0.4 is 5.69 Å². The molecular formula is C23H26N4O3. The summed E-state index contributed by atoms with van der Waals surface area (Å²) in [4.78, 5) is 34.4. The molecule has 2 aromatic heterocycles. The number of hydrogen-bond donors (Lipinski definition) is 1. The predicted molar refractivity (Wildman–Crippen MR) is 113 cm³/mol. The molecule has 2 aliphatic rings. The van der Waals surface area contributed by atoms with Gasteiger partial charge in [-0.1, -0.05) is 30.3 Å². The topological polar surface area (TPSA) is 80.2 Å². The number of fused-ring (bicyclic) bond motifs is 1. The molecule has 0 radical (unpaired) electrons. The number of aromatic nitrogens is 3. The lowest BCUT2D eigenvalue weighted by molar-refractivity contribution is 0.0662. The number of H-pyrrole nitrogens is 1. The van der Waals surface area contributed by atoms with Crippen LogP contribution in [0.1, 0.15) is 57.2 Å². The van der Waals surface area contributed by atoms with E-state index >= 15 is 0 Å². The number of benzene rings is 1. The van der Waals surface area contributed by atoms with Crippen LogP contribution in [0.2, 0.25) is 0 Å². The van der Waals surface area contributed by atoms with Crippen LogP contribution in [0.5, 0.6) is 0 Å². The number of nitrogens with zero attached hydrogens (tertiary/aromatic N) is 3. The average molecular weight is 406 g/mol. The Morgan fingerprint density at radius 3 is 2.43 bits per heavy atom. The van der Waals surface area contributed by atoms with Gasteiger partial charge < -0.3 is 4.74 Å². The van der Waals surface area contributed by atoms with Gasteiger partial charge in [0, 0.05) is 18.3 Å². The molecule has 1 amide bonds. The van der Waals surface area contributed by atoms with Gasteiger partial charge in [0.1, 0.15) is 5.60 Å². The summed E-state index contributed by atoms with van der Waals surface area (Å²) in [5, 5.41) is 0. The molecule has 1 saturated carbocycles. The van der Waals surface area contributed by atoms with Crippen LogP contribution in [0.3, 0.4) is 0 Å². The fourth-order valence-corrected chi connectivity index (χ4v) is 5.25. The molecule has 1 aliphatic carbocycles. The average Bonchev–Trinajstić information content (AvgIpc) is 3.20. The van der Waals surface area contributed by atoms with Crippen LogP contribution in [0.4, 0.5) is 4.79 Å². The third-order valence-corrected chi connectivity index (χ3v) is 6.53. The first kappa shape index (κ1) is 18.9. The molecule has 1 aromatic carbocycles. The van der Waals surface area contributed by atoms with Crippen molar-refractivity contribution in [1.29, 1.82) is 0 Å². The second-order valence-electron chi connectivity index (χ2n) is 8.83. The lowest BCUT2D eigenvalue weighted by Gasteiger charge is -2.38. The van der Waals surface area contributed by atoms with E-state index in [0.29, 0.717) is 5.65 Å². The minimum absolute atomic E-state index is 0.0970. The van der Waals surface area contributed by atoms with E-state index < -0.39 is 5.60 Å². The molecule has 0 spiro atoms. The molecule has 3 aromatic rings. The van der Waals surface area contributed by atoms with Crippen LogP contribution in [0.25, 0.3) is 11.2 Å². The zero-order valence-electron chi connectivity index (χ0n) is 17.2. The van der Waals surface area contributed by atoms with Gasteiger partial charge in [0.05, 0.1) is 11.6 Å². The zero-order valence-corrected chi connectivity index (χ0v) is 17.2. The molecule has 1 saturated heterocycles. The second kappa shape index (κ2) is 7.00. The summed E-state index contributed by atoms with van der Waals surface area (Å²) < 4.78 is 7.61. The van der Waals surface area contributed by atoms with Gasteiger partial charge in [0.2, 0.25) is 0 Å². The van der Waals surface area contributed by atoms with Crippen molar-refractivity contribution in [2.75, 3.05) is 0 Å². The van der Waals surface area contributed by atoms with E-state index in [0.717, 1.165) is 36.8 Å². The van der Waals surface area contributed by atoms with Crippen LogP contribution in [-0.2, 0) is 4.74 Å². The summed E-state index contributed by atoms with van der Waals surface area (Å²) in [6.45, 7) is 3.96. The van der Waals surface area contributed by atoms with Crippen LogP contribution in [0.15, 0.2) is 53.5 Å². The first-order chi connectivity index (χ1) is 14.5. The highest BCUT2D eigenvalue weighted by molar-refractivity contribution is 5.72. The maximum atomic E-state index is 12.8. The number of cyclic esters (lactones) is 1. The molecule has 156 valence electrons. The Bertz CT molecular complexity index is 1130. The summed E-state index contributed by atoms with van der Waals surface area (Å²) in [6.07, 6.45) is 4.77. The summed E-state index contributed by atoms with van der Waals surface area (Å²) >= 11 is 0. The van der Waals surface area contributed by atoms with Crippen molar-refractivity contribution < 1.29 is 9.53 Å². The quantitative estimate of drug-likeness (QED) is 0.708. The molecule has 30 heavy (non-hydrogen) atoms. The minimum Gasteiger partial charge on any atom is -0.441 e. The van der Waals surface area contributed by atoms with E-state index in [2.05, 4.69) is 22.1 Å².